The highest BCUT2D eigenvalue weighted by atomic mass is 32.2. The van der Waals surface area contributed by atoms with Crippen LogP contribution >= 0.6 is 11.8 Å². The van der Waals surface area contributed by atoms with E-state index in [9.17, 15) is 0 Å². The van der Waals surface area contributed by atoms with E-state index in [1.54, 1.807) is 11.8 Å². The van der Waals surface area contributed by atoms with E-state index in [1.165, 1.54) is 11.9 Å². The zero-order valence-electron chi connectivity index (χ0n) is 11.8. The Morgan fingerprint density at radius 3 is 2.57 bits per heavy atom. The fraction of sp³-hybridized carbons (Fsp3) is 0.214. The zero-order valence-corrected chi connectivity index (χ0v) is 12.7. The maximum atomic E-state index is 4.20. The van der Waals surface area contributed by atoms with Crippen molar-refractivity contribution in [2.45, 2.75) is 30.4 Å². The Morgan fingerprint density at radius 1 is 1.14 bits per heavy atom. The number of aromatic nitrogens is 5. The molecule has 0 aliphatic carbocycles. The molecule has 0 atom stereocenters. The lowest BCUT2D eigenvalue weighted by atomic mass is 10.2. The molecule has 3 rings (SSSR count). The number of nitrogens with one attached hydrogen (secondary N) is 3. The van der Waals surface area contributed by atoms with Crippen LogP contribution in [0, 0.1) is 13.8 Å². The van der Waals surface area contributed by atoms with Crippen molar-refractivity contribution in [1.82, 2.24) is 25.4 Å². The van der Waals surface area contributed by atoms with Gasteiger partial charge in [0.25, 0.3) is 0 Å². The lowest BCUT2D eigenvalue weighted by molar-refractivity contribution is 0.973. The number of anilines is 1. The summed E-state index contributed by atoms with van der Waals surface area (Å²) in [5.74, 6) is 0. The quantitative estimate of drug-likeness (QED) is 0.675. The van der Waals surface area contributed by atoms with Crippen LogP contribution in [-0.4, -0.2) is 25.4 Å². The summed E-state index contributed by atoms with van der Waals surface area (Å²) in [6, 6.07) is 8.24. The van der Waals surface area contributed by atoms with Gasteiger partial charge in [-0.3, -0.25) is 10.2 Å². The van der Waals surface area contributed by atoms with Crippen molar-refractivity contribution < 1.29 is 0 Å². The van der Waals surface area contributed by atoms with E-state index in [4.69, 9.17) is 0 Å². The second-order valence-electron chi connectivity index (χ2n) is 4.68. The van der Waals surface area contributed by atoms with Crippen molar-refractivity contribution in [2.75, 3.05) is 5.32 Å². The van der Waals surface area contributed by atoms with E-state index < -0.39 is 0 Å². The Balaban J connectivity index is 1.62. The van der Waals surface area contributed by atoms with Crippen molar-refractivity contribution in [1.29, 1.82) is 0 Å². The number of aryl methyl sites for hydroxylation is 2. The van der Waals surface area contributed by atoms with Gasteiger partial charge in [-0.25, -0.2) is 4.98 Å². The molecule has 0 aliphatic rings. The molecule has 3 aromatic rings. The highest BCUT2D eigenvalue weighted by Crippen LogP contribution is 2.25. The van der Waals surface area contributed by atoms with Gasteiger partial charge >= 0.3 is 0 Å². The van der Waals surface area contributed by atoms with Crippen LogP contribution in [0.1, 0.15) is 17.0 Å². The number of nitrogens with zero attached hydrogens (tertiary/aromatic N) is 3. The lowest BCUT2D eigenvalue weighted by Crippen LogP contribution is -2.01. The first-order chi connectivity index (χ1) is 10.2. The number of hydrogen-bond acceptors (Lipinski definition) is 5. The van der Waals surface area contributed by atoms with Crippen molar-refractivity contribution >= 4 is 17.4 Å². The van der Waals surface area contributed by atoms with Gasteiger partial charge in [0.15, 0.2) is 5.16 Å². The summed E-state index contributed by atoms with van der Waals surface area (Å²) in [7, 11) is 0. The van der Waals surface area contributed by atoms with Crippen molar-refractivity contribution in [3.8, 4) is 0 Å². The normalized spacial score (nSPS) is 10.8. The highest BCUT2D eigenvalue weighted by Gasteiger charge is 2.06. The minimum Gasteiger partial charge on any atom is -0.381 e. The monoisotopic (exact) mass is 300 g/mol. The topological polar surface area (TPSA) is 82.3 Å². The maximum absolute atomic E-state index is 4.20. The van der Waals surface area contributed by atoms with Crippen LogP contribution in [0.2, 0.25) is 0 Å². The fourth-order valence-corrected chi connectivity index (χ4v) is 2.71. The van der Waals surface area contributed by atoms with E-state index in [0.717, 1.165) is 33.7 Å². The molecule has 0 unspecified atom stereocenters. The molecule has 0 saturated carbocycles. The predicted octanol–water partition coefficient (Wildman–Crippen LogP) is 2.91. The molecule has 1 aromatic carbocycles. The fourth-order valence-electron chi connectivity index (χ4n) is 2.02. The largest absolute Gasteiger partial charge is 0.381 e. The number of H-pyrrole nitrogens is 2. The average molecular weight is 300 g/mol. The molecule has 0 radical (unpaired) electrons. The lowest BCUT2D eigenvalue weighted by Gasteiger charge is -2.07. The van der Waals surface area contributed by atoms with Gasteiger partial charge in [-0.1, -0.05) is 11.8 Å². The SMILES string of the molecule is Cc1n[nH]c(C)c1CNc1ccc(Sc2ncn[nH]2)cc1. The molecule has 108 valence electrons. The van der Waals surface area contributed by atoms with Crippen molar-refractivity contribution in [3.63, 3.8) is 0 Å². The smallest absolute Gasteiger partial charge is 0.188 e. The van der Waals surface area contributed by atoms with Crippen LogP contribution in [0.3, 0.4) is 0 Å². The molecule has 0 spiro atoms. The standard InChI is InChI=1S/C14H16N6S/c1-9-13(10(2)19-18-9)7-15-11-3-5-12(6-4-11)21-14-16-8-17-20-14/h3-6,8,15H,7H2,1-2H3,(H,18,19)(H,16,17,20). The van der Waals surface area contributed by atoms with Gasteiger partial charge in [-0.05, 0) is 38.1 Å². The van der Waals surface area contributed by atoms with E-state index in [0.29, 0.717) is 0 Å². The first-order valence-corrected chi connectivity index (χ1v) is 7.41. The van der Waals surface area contributed by atoms with Crippen LogP contribution in [0.4, 0.5) is 5.69 Å². The summed E-state index contributed by atoms with van der Waals surface area (Å²) in [6.45, 7) is 4.81. The van der Waals surface area contributed by atoms with Crippen molar-refractivity contribution in [2.24, 2.45) is 0 Å². The highest BCUT2D eigenvalue weighted by molar-refractivity contribution is 7.99. The first kappa shape index (κ1) is 13.7. The van der Waals surface area contributed by atoms with Gasteiger partial charge in [-0.2, -0.15) is 10.2 Å². The summed E-state index contributed by atoms with van der Waals surface area (Å²) in [5, 5.41) is 18.1. The molecule has 7 heteroatoms. The van der Waals surface area contributed by atoms with Gasteiger partial charge in [0.1, 0.15) is 6.33 Å². The second kappa shape index (κ2) is 6.01. The second-order valence-corrected chi connectivity index (χ2v) is 5.75. The molecule has 0 saturated heterocycles. The Hall–Kier alpha value is -2.28. The number of hydrogen-bond donors (Lipinski definition) is 3. The molecule has 0 bridgehead atoms. The number of benzene rings is 1. The molecule has 21 heavy (non-hydrogen) atoms. The van der Waals surface area contributed by atoms with Crippen LogP contribution in [0.25, 0.3) is 0 Å². The number of aromatic amines is 2. The van der Waals surface area contributed by atoms with Gasteiger partial charge in [-0.15, -0.1) is 0 Å². The van der Waals surface area contributed by atoms with Gasteiger partial charge in [0.2, 0.25) is 0 Å². The third kappa shape index (κ3) is 3.25. The van der Waals surface area contributed by atoms with E-state index >= 15 is 0 Å². The average Bonchev–Trinajstić information content (AvgIpc) is 3.10. The Labute approximate surface area is 126 Å². The predicted molar refractivity (Wildman–Crippen MR) is 82.3 cm³/mol. The third-order valence-electron chi connectivity index (χ3n) is 3.21. The van der Waals surface area contributed by atoms with Crippen LogP contribution in [0.5, 0.6) is 0 Å². The minimum absolute atomic E-state index is 0.767. The third-order valence-corrected chi connectivity index (χ3v) is 4.11. The maximum Gasteiger partial charge on any atom is 0.188 e. The molecule has 3 N–H and O–H groups in total. The van der Waals surface area contributed by atoms with E-state index in [-0.39, 0.29) is 0 Å². The minimum atomic E-state index is 0.767. The molecule has 2 heterocycles. The molecule has 6 nitrogen and oxygen atoms in total. The summed E-state index contributed by atoms with van der Waals surface area (Å²) < 4.78 is 0. The Kier molecular flexibility index (Phi) is 3.92. The van der Waals surface area contributed by atoms with E-state index in [2.05, 4.69) is 55.0 Å². The van der Waals surface area contributed by atoms with E-state index in [1.807, 2.05) is 13.8 Å². The summed E-state index contributed by atoms with van der Waals surface area (Å²) >= 11 is 1.55. The molecular weight excluding hydrogens is 284 g/mol. The summed E-state index contributed by atoms with van der Waals surface area (Å²) in [4.78, 5) is 5.21. The van der Waals surface area contributed by atoms with Crippen molar-refractivity contribution in [3.05, 3.63) is 47.5 Å². The molecule has 0 fully saturated rings. The first-order valence-electron chi connectivity index (χ1n) is 6.60. The Morgan fingerprint density at radius 2 is 1.95 bits per heavy atom. The molecular formula is C14H16N6S. The number of rotatable bonds is 5. The Bertz CT molecular complexity index is 682. The molecule has 0 aliphatic heterocycles. The zero-order chi connectivity index (χ0) is 14.7. The van der Waals surface area contributed by atoms with Gasteiger partial charge in [0.05, 0.1) is 5.69 Å². The molecule has 0 amide bonds. The van der Waals surface area contributed by atoms with Gasteiger partial charge < -0.3 is 5.32 Å². The van der Waals surface area contributed by atoms with Crippen LogP contribution in [-0.2, 0) is 6.54 Å². The summed E-state index contributed by atoms with van der Waals surface area (Å²) in [5.41, 5.74) is 4.45. The van der Waals surface area contributed by atoms with Crippen LogP contribution in [0.15, 0.2) is 40.6 Å². The van der Waals surface area contributed by atoms with Crippen LogP contribution < -0.4 is 5.32 Å². The molecule has 2 aromatic heterocycles. The van der Waals surface area contributed by atoms with Gasteiger partial charge in [0, 0.05) is 28.4 Å². The summed E-state index contributed by atoms with van der Waals surface area (Å²) in [6.07, 6.45) is 1.51.